The average Bonchev–Trinajstić information content (AvgIpc) is 2.98. The molecule has 0 amide bonds. The zero-order valence-electron chi connectivity index (χ0n) is 11.7. The van der Waals surface area contributed by atoms with Gasteiger partial charge in [0.25, 0.3) is 11.4 Å². The largest absolute Gasteiger partial charge is 0.381 e. The van der Waals surface area contributed by atoms with E-state index in [4.69, 9.17) is 4.74 Å². The summed E-state index contributed by atoms with van der Waals surface area (Å²) in [5, 5.41) is 24.9. The summed E-state index contributed by atoms with van der Waals surface area (Å²) in [6.07, 6.45) is 0.969. The smallest absolute Gasteiger partial charge is 0.280 e. The van der Waals surface area contributed by atoms with Crippen molar-refractivity contribution in [2.45, 2.75) is 25.9 Å². The molecule has 1 aromatic carbocycles. The van der Waals surface area contributed by atoms with Gasteiger partial charge in [-0.25, -0.2) is 0 Å². The fourth-order valence-electron chi connectivity index (χ4n) is 2.37. The highest BCUT2D eigenvalue weighted by Gasteiger charge is 2.24. The Labute approximate surface area is 121 Å². The molecule has 8 heteroatoms. The van der Waals surface area contributed by atoms with Gasteiger partial charge < -0.3 is 10.1 Å². The fraction of sp³-hybridized carbons (Fsp3) is 0.538. The van der Waals surface area contributed by atoms with Gasteiger partial charge in [0.2, 0.25) is 0 Å². The first-order valence-electron chi connectivity index (χ1n) is 6.72. The molecule has 0 aliphatic carbocycles. The molecule has 0 aromatic heterocycles. The van der Waals surface area contributed by atoms with Crippen LogP contribution in [0.2, 0.25) is 0 Å². The van der Waals surface area contributed by atoms with Crippen molar-refractivity contribution in [1.29, 1.82) is 0 Å². The SMILES string of the molecule is CC(NCc1ccc([N+](=O)[O-])cc1[N+](=O)[O-])C1CCOC1. The normalized spacial score (nSPS) is 19.4. The lowest BCUT2D eigenvalue weighted by atomic mass is 10.0. The minimum atomic E-state index is -0.636. The number of nitrogens with one attached hydrogen (secondary N) is 1. The number of ether oxygens (including phenoxy) is 1. The van der Waals surface area contributed by atoms with Gasteiger partial charge in [0, 0.05) is 30.8 Å². The Bertz CT molecular complexity index is 543. The number of non-ortho nitro benzene ring substituents is 1. The minimum absolute atomic E-state index is 0.169. The van der Waals surface area contributed by atoms with Crippen LogP contribution >= 0.6 is 0 Å². The number of nitrogens with zero attached hydrogens (tertiary/aromatic N) is 2. The molecule has 1 aromatic rings. The van der Waals surface area contributed by atoms with Crippen LogP contribution in [0.4, 0.5) is 11.4 Å². The number of nitro groups is 2. The van der Waals surface area contributed by atoms with Crippen molar-refractivity contribution in [1.82, 2.24) is 5.32 Å². The molecule has 1 fully saturated rings. The second-order valence-corrected chi connectivity index (χ2v) is 5.12. The van der Waals surface area contributed by atoms with E-state index >= 15 is 0 Å². The maximum Gasteiger partial charge on any atom is 0.280 e. The molecular weight excluding hydrogens is 278 g/mol. The number of rotatable bonds is 6. The van der Waals surface area contributed by atoms with E-state index in [-0.39, 0.29) is 17.4 Å². The summed E-state index contributed by atoms with van der Waals surface area (Å²) in [6.45, 7) is 3.74. The molecule has 0 spiro atoms. The Morgan fingerprint density at radius 3 is 2.71 bits per heavy atom. The van der Waals surface area contributed by atoms with Gasteiger partial charge in [-0.2, -0.15) is 0 Å². The van der Waals surface area contributed by atoms with Gasteiger partial charge in [0.05, 0.1) is 22.5 Å². The molecule has 0 radical (unpaired) electrons. The monoisotopic (exact) mass is 295 g/mol. The molecule has 2 atom stereocenters. The number of hydrogen-bond acceptors (Lipinski definition) is 6. The summed E-state index contributed by atoms with van der Waals surface area (Å²) < 4.78 is 5.31. The maximum absolute atomic E-state index is 11.0. The van der Waals surface area contributed by atoms with Crippen molar-refractivity contribution < 1.29 is 14.6 Å². The molecule has 1 heterocycles. The molecule has 1 aliphatic rings. The van der Waals surface area contributed by atoms with Crippen LogP contribution in [0.15, 0.2) is 18.2 Å². The number of hydrogen-bond donors (Lipinski definition) is 1. The molecule has 1 N–H and O–H groups in total. The Morgan fingerprint density at radius 1 is 1.38 bits per heavy atom. The Hall–Kier alpha value is -2.06. The molecule has 0 bridgehead atoms. The third kappa shape index (κ3) is 3.73. The van der Waals surface area contributed by atoms with Gasteiger partial charge in [0.1, 0.15) is 0 Å². The summed E-state index contributed by atoms with van der Waals surface area (Å²) in [5.41, 5.74) is -0.0642. The van der Waals surface area contributed by atoms with Crippen LogP contribution in [-0.2, 0) is 11.3 Å². The van der Waals surface area contributed by atoms with Crippen LogP contribution in [0.5, 0.6) is 0 Å². The maximum atomic E-state index is 11.0. The van der Waals surface area contributed by atoms with E-state index in [1.165, 1.54) is 12.1 Å². The van der Waals surface area contributed by atoms with E-state index in [1.807, 2.05) is 6.92 Å². The second-order valence-electron chi connectivity index (χ2n) is 5.12. The Balaban J connectivity index is 2.08. The second kappa shape index (κ2) is 6.59. The molecule has 1 saturated heterocycles. The van der Waals surface area contributed by atoms with Gasteiger partial charge in [-0.3, -0.25) is 20.2 Å². The quantitative estimate of drug-likeness (QED) is 0.635. The van der Waals surface area contributed by atoms with Crippen LogP contribution in [0.1, 0.15) is 18.9 Å². The summed E-state index contributed by atoms with van der Waals surface area (Å²) in [4.78, 5) is 20.5. The van der Waals surface area contributed by atoms with Crippen molar-refractivity contribution in [3.05, 3.63) is 44.0 Å². The van der Waals surface area contributed by atoms with Crippen LogP contribution in [0, 0.1) is 26.1 Å². The summed E-state index contributed by atoms with van der Waals surface area (Å²) in [6, 6.07) is 3.89. The zero-order chi connectivity index (χ0) is 15.4. The first-order chi connectivity index (χ1) is 9.99. The molecule has 21 heavy (non-hydrogen) atoms. The van der Waals surface area contributed by atoms with E-state index in [9.17, 15) is 20.2 Å². The predicted octanol–water partition coefficient (Wildman–Crippen LogP) is 2.02. The van der Waals surface area contributed by atoms with Gasteiger partial charge in [-0.15, -0.1) is 0 Å². The fourth-order valence-corrected chi connectivity index (χ4v) is 2.37. The lowest BCUT2D eigenvalue weighted by molar-refractivity contribution is -0.394. The molecule has 2 unspecified atom stereocenters. The standard InChI is InChI=1S/C13H17N3O5/c1-9(11-4-5-21-8-11)14-7-10-2-3-12(15(17)18)6-13(10)16(19)20/h2-3,6,9,11,14H,4-5,7-8H2,1H3. The van der Waals surface area contributed by atoms with E-state index < -0.39 is 9.85 Å². The van der Waals surface area contributed by atoms with Crippen molar-refractivity contribution in [3.8, 4) is 0 Å². The van der Waals surface area contributed by atoms with Gasteiger partial charge in [-0.05, 0) is 25.3 Å². The Kier molecular flexibility index (Phi) is 4.81. The summed E-state index contributed by atoms with van der Waals surface area (Å²) in [7, 11) is 0. The molecule has 1 aliphatic heterocycles. The summed E-state index contributed by atoms with van der Waals surface area (Å²) >= 11 is 0. The first-order valence-corrected chi connectivity index (χ1v) is 6.72. The van der Waals surface area contributed by atoms with Crippen molar-refractivity contribution in [2.75, 3.05) is 13.2 Å². The zero-order valence-corrected chi connectivity index (χ0v) is 11.7. The van der Waals surface area contributed by atoms with Crippen LogP contribution < -0.4 is 5.32 Å². The highest BCUT2D eigenvalue weighted by atomic mass is 16.6. The lowest BCUT2D eigenvalue weighted by Gasteiger charge is -2.19. The highest BCUT2D eigenvalue weighted by Crippen LogP contribution is 2.25. The van der Waals surface area contributed by atoms with Crippen LogP contribution in [0.25, 0.3) is 0 Å². The van der Waals surface area contributed by atoms with E-state index in [0.29, 0.717) is 24.6 Å². The lowest BCUT2D eigenvalue weighted by Crippen LogP contribution is -2.33. The molecule has 2 rings (SSSR count). The van der Waals surface area contributed by atoms with Gasteiger partial charge >= 0.3 is 0 Å². The van der Waals surface area contributed by atoms with Gasteiger partial charge in [-0.1, -0.05) is 0 Å². The van der Waals surface area contributed by atoms with Gasteiger partial charge in [0.15, 0.2) is 0 Å². The number of benzene rings is 1. The summed E-state index contributed by atoms with van der Waals surface area (Å²) in [5.74, 6) is 0.391. The van der Waals surface area contributed by atoms with Crippen molar-refractivity contribution in [3.63, 3.8) is 0 Å². The van der Waals surface area contributed by atoms with Crippen LogP contribution in [0.3, 0.4) is 0 Å². The van der Waals surface area contributed by atoms with E-state index in [0.717, 1.165) is 19.1 Å². The third-order valence-electron chi connectivity index (χ3n) is 3.76. The predicted molar refractivity (Wildman–Crippen MR) is 75.0 cm³/mol. The van der Waals surface area contributed by atoms with E-state index in [2.05, 4.69) is 5.32 Å². The van der Waals surface area contributed by atoms with Crippen LogP contribution in [-0.4, -0.2) is 29.1 Å². The van der Waals surface area contributed by atoms with Crippen molar-refractivity contribution in [2.24, 2.45) is 5.92 Å². The first kappa shape index (κ1) is 15.3. The third-order valence-corrected chi connectivity index (χ3v) is 3.76. The minimum Gasteiger partial charge on any atom is -0.381 e. The topological polar surface area (TPSA) is 108 Å². The molecule has 8 nitrogen and oxygen atoms in total. The van der Waals surface area contributed by atoms with Crippen molar-refractivity contribution >= 4 is 11.4 Å². The number of nitro benzene ring substituents is 2. The molecule has 0 saturated carbocycles. The van der Waals surface area contributed by atoms with E-state index in [1.54, 1.807) is 0 Å². The molecule has 114 valence electrons. The average molecular weight is 295 g/mol. The Morgan fingerprint density at radius 2 is 2.14 bits per heavy atom. The molecular formula is C13H17N3O5. The highest BCUT2D eigenvalue weighted by molar-refractivity contribution is 5.49.